The summed E-state index contributed by atoms with van der Waals surface area (Å²) in [5.41, 5.74) is 0.168. The Bertz CT molecular complexity index is 365. The third-order valence-electron chi connectivity index (χ3n) is 2.49. The van der Waals surface area contributed by atoms with Crippen molar-refractivity contribution in [2.45, 2.75) is 51.6 Å². The van der Waals surface area contributed by atoms with E-state index in [1.165, 1.54) is 4.88 Å². The lowest BCUT2D eigenvalue weighted by atomic mass is 9.95. The molecule has 0 spiro atoms. The lowest BCUT2D eigenvalue weighted by molar-refractivity contribution is 0.169. The van der Waals surface area contributed by atoms with Gasteiger partial charge in [-0.05, 0) is 30.4 Å². The molecule has 0 saturated heterocycles. The van der Waals surface area contributed by atoms with Gasteiger partial charge < -0.3 is 5.11 Å². The van der Waals surface area contributed by atoms with E-state index in [0.29, 0.717) is 0 Å². The number of terminal acetylenes is 1. The Morgan fingerprint density at radius 3 is 2.62 bits per heavy atom. The molecule has 0 saturated carbocycles. The molecule has 0 aliphatic rings. The summed E-state index contributed by atoms with van der Waals surface area (Å²) in [7, 11) is 0. The van der Waals surface area contributed by atoms with Crippen LogP contribution in [0.2, 0.25) is 0 Å². The van der Waals surface area contributed by atoms with Crippen molar-refractivity contribution in [3.63, 3.8) is 0 Å². The van der Waals surface area contributed by atoms with Crippen LogP contribution in [0, 0.1) is 12.3 Å². The molecule has 1 atom stereocenters. The van der Waals surface area contributed by atoms with Crippen molar-refractivity contribution in [2.75, 3.05) is 0 Å². The van der Waals surface area contributed by atoms with Crippen molar-refractivity contribution in [1.29, 1.82) is 0 Å². The third-order valence-corrected chi connectivity index (χ3v) is 4.11. The lowest BCUT2D eigenvalue weighted by Gasteiger charge is -2.15. The van der Waals surface area contributed by atoms with E-state index in [2.05, 4.69) is 32.8 Å². The van der Waals surface area contributed by atoms with Crippen LogP contribution in [-0.4, -0.2) is 5.11 Å². The second kappa shape index (κ2) is 5.52. The number of hydrogen-bond donors (Lipinski definition) is 1. The van der Waals surface area contributed by atoms with E-state index in [4.69, 9.17) is 6.42 Å². The van der Waals surface area contributed by atoms with Gasteiger partial charge >= 0.3 is 0 Å². The van der Waals surface area contributed by atoms with E-state index in [9.17, 15) is 5.11 Å². The van der Waals surface area contributed by atoms with Crippen LogP contribution >= 0.6 is 11.3 Å². The first-order valence-corrected chi connectivity index (χ1v) is 6.48. The minimum absolute atomic E-state index is 0.168. The Balaban J connectivity index is 2.61. The highest BCUT2D eigenvalue weighted by molar-refractivity contribution is 7.12. The van der Waals surface area contributed by atoms with Crippen LogP contribution in [-0.2, 0) is 5.41 Å². The van der Waals surface area contributed by atoms with Gasteiger partial charge in [0.1, 0.15) is 0 Å². The Hall–Kier alpha value is -0.780. The number of aliphatic hydroxyl groups is 1. The molecule has 88 valence electrons. The second-order valence-corrected chi connectivity index (χ2v) is 6.18. The van der Waals surface area contributed by atoms with E-state index in [1.54, 1.807) is 11.3 Å². The molecule has 1 heterocycles. The molecule has 0 fully saturated rings. The van der Waals surface area contributed by atoms with Gasteiger partial charge in [-0.15, -0.1) is 23.7 Å². The maximum atomic E-state index is 9.97. The Kier molecular flexibility index (Phi) is 4.58. The van der Waals surface area contributed by atoms with Crippen molar-refractivity contribution < 1.29 is 5.11 Å². The fourth-order valence-electron chi connectivity index (χ4n) is 1.47. The molecule has 0 amide bonds. The topological polar surface area (TPSA) is 20.2 Å². The summed E-state index contributed by atoms with van der Waals surface area (Å²) in [4.78, 5) is 2.38. The fourth-order valence-corrected chi connectivity index (χ4v) is 2.56. The first-order chi connectivity index (χ1) is 7.45. The molecule has 0 aliphatic heterocycles. The smallest absolute Gasteiger partial charge is 0.0882 e. The summed E-state index contributed by atoms with van der Waals surface area (Å²) in [6.07, 6.45) is 7.23. The second-order valence-electron chi connectivity index (χ2n) is 5.06. The molecule has 1 nitrogen and oxygen atoms in total. The van der Waals surface area contributed by atoms with Gasteiger partial charge in [0.25, 0.3) is 0 Å². The van der Waals surface area contributed by atoms with E-state index in [1.807, 2.05) is 6.07 Å². The first-order valence-electron chi connectivity index (χ1n) is 5.67. The Morgan fingerprint density at radius 1 is 1.44 bits per heavy atom. The molecule has 1 N–H and O–H groups in total. The number of aliphatic hydroxyl groups excluding tert-OH is 1. The van der Waals surface area contributed by atoms with E-state index >= 15 is 0 Å². The standard InChI is InChI=1S/C14H20OS/c1-5-6-7-8-11(15)12-9-10-13(16-12)14(2,3)4/h1,9-11,15H,6-8H2,2-4H3. The van der Waals surface area contributed by atoms with Gasteiger partial charge in [0.2, 0.25) is 0 Å². The molecular weight excluding hydrogens is 216 g/mol. The monoisotopic (exact) mass is 236 g/mol. The highest BCUT2D eigenvalue weighted by Crippen LogP contribution is 2.33. The zero-order chi connectivity index (χ0) is 12.2. The van der Waals surface area contributed by atoms with Crippen molar-refractivity contribution in [1.82, 2.24) is 0 Å². The summed E-state index contributed by atoms with van der Waals surface area (Å²) >= 11 is 1.70. The number of rotatable bonds is 4. The summed E-state index contributed by atoms with van der Waals surface area (Å²) in [5.74, 6) is 2.60. The number of hydrogen-bond acceptors (Lipinski definition) is 2. The average molecular weight is 236 g/mol. The average Bonchev–Trinajstić information content (AvgIpc) is 2.66. The largest absolute Gasteiger partial charge is 0.388 e. The highest BCUT2D eigenvalue weighted by Gasteiger charge is 2.18. The highest BCUT2D eigenvalue weighted by atomic mass is 32.1. The molecule has 0 radical (unpaired) electrons. The molecule has 16 heavy (non-hydrogen) atoms. The van der Waals surface area contributed by atoms with Crippen LogP contribution in [0.1, 0.15) is 55.9 Å². The Morgan fingerprint density at radius 2 is 2.12 bits per heavy atom. The quantitative estimate of drug-likeness (QED) is 0.621. The molecule has 0 bridgehead atoms. The van der Waals surface area contributed by atoms with Crippen LogP contribution in [0.15, 0.2) is 12.1 Å². The molecule has 1 rings (SSSR count). The van der Waals surface area contributed by atoms with Crippen molar-refractivity contribution in [3.05, 3.63) is 21.9 Å². The van der Waals surface area contributed by atoms with Gasteiger partial charge in [-0.1, -0.05) is 20.8 Å². The summed E-state index contributed by atoms with van der Waals surface area (Å²) in [5, 5.41) is 9.97. The minimum Gasteiger partial charge on any atom is -0.388 e. The SMILES string of the molecule is C#CCCCC(O)c1ccc(C(C)(C)C)s1. The molecule has 1 unspecified atom stereocenters. The van der Waals surface area contributed by atoms with Crippen LogP contribution < -0.4 is 0 Å². The van der Waals surface area contributed by atoms with Crippen molar-refractivity contribution in [3.8, 4) is 12.3 Å². The van der Waals surface area contributed by atoms with E-state index < -0.39 is 0 Å². The van der Waals surface area contributed by atoms with E-state index in [-0.39, 0.29) is 11.5 Å². The summed E-state index contributed by atoms with van der Waals surface area (Å²) < 4.78 is 0. The van der Waals surface area contributed by atoms with Crippen LogP contribution in [0.4, 0.5) is 0 Å². The van der Waals surface area contributed by atoms with Gasteiger partial charge in [0.15, 0.2) is 0 Å². The summed E-state index contributed by atoms with van der Waals surface area (Å²) in [6, 6.07) is 4.15. The maximum Gasteiger partial charge on any atom is 0.0882 e. The first kappa shape index (κ1) is 13.3. The van der Waals surface area contributed by atoms with E-state index in [0.717, 1.165) is 24.1 Å². The van der Waals surface area contributed by atoms with Gasteiger partial charge in [-0.2, -0.15) is 0 Å². The van der Waals surface area contributed by atoms with Crippen LogP contribution in [0.5, 0.6) is 0 Å². The van der Waals surface area contributed by atoms with Crippen molar-refractivity contribution >= 4 is 11.3 Å². The molecular formula is C14H20OS. The predicted molar refractivity (Wildman–Crippen MR) is 70.7 cm³/mol. The lowest BCUT2D eigenvalue weighted by Crippen LogP contribution is -2.07. The normalized spacial score (nSPS) is 13.4. The van der Waals surface area contributed by atoms with Crippen LogP contribution in [0.3, 0.4) is 0 Å². The van der Waals surface area contributed by atoms with Crippen LogP contribution in [0.25, 0.3) is 0 Å². The predicted octanol–water partition coefficient (Wildman–Crippen LogP) is 3.88. The van der Waals surface area contributed by atoms with Gasteiger partial charge in [-0.3, -0.25) is 0 Å². The molecule has 0 aliphatic carbocycles. The van der Waals surface area contributed by atoms with Gasteiger partial charge in [-0.25, -0.2) is 0 Å². The maximum absolute atomic E-state index is 9.97. The third kappa shape index (κ3) is 3.66. The molecule has 2 heteroatoms. The molecule has 0 aromatic carbocycles. The van der Waals surface area contributed by atoms with Gasteiger partial charge in [0, 0.05) is 16.2 Å². The molecule has 1 aromatic heterocycles. The minimum atomic E-state index is -0.352. The Labute approximate surface area is 103 Å². The summed E-state index contributed by atoms with van der Waals surface area (Å²) in [6.45, 7) is 6.56. The van der Waals surface area contributed by atoms with Crippen molar-refractivity contribution in [2.24, 2.45) is 0 Å². The van der Waals surface area contributed by atoms with Gasteiger partial charge in [0.05, 0.1) is 6.10 Å². The number of thiophene rings is 1. The number of unbranched alkanes of at least 4 members (excludes halogenated alkanes) is 1. The zero-order valence-electron chi connectivity index (χ0n) is 10.3. The fraction of sp³-hybridized carbons (Fsp3) is 0.571. The molecule has 1 aromatic rings. The zero-order valence-corrected chi connectivity index (χ0v) is 11.1.